The summed E-state index contributed by atoms with van der Waals surface area (Å²) in [5.74, 6) is 0.374. The molecule has 0 unspecified atom stereocenters. The fourth-order valence-electron chi connectivity index (χ4n) is 2.13. The number of benzene rings is 2. The smallest absolute Gasteiger partial charge is 0.277 e. The van der Waals surface area contributed by atoms with Crippen LogP contribution in [0.25, 0.3) is 10.8 Å². The first kappa shape index (κ1) is 15.2. The van der Waals surface area contributed by atoms with Gasteiger partial charge in [0, 0.05) is 9.75 Å². The zero-order chi connectivity index (χ0) is 16.1. The number of nitrogens with zero attached hydrogens (tertiary/aromatic N) is 1. The molecule has 116 valence electrons. The van der Waals surface area contributed by atoms with E-state index in [1.165, 1.54) is 4.88 Å². The summed E-state index contributed by atoms with van der Waals surface area (Å²) in [7, 11) is 0. The van der Waals surface area contributed by atoms with Crippen molar-refractivity contribution in [1.29, 1.82) is 0 Å². The standard InChI is InChI=1S/C18H16N2O2S/c1-13-6-9-17(23-13)11-19-20-18(21)12-22-16-8-7-14-4-2-3-5-15(14)10-16/h2-11H,12H2,1H3,(H,20,21). The van der Waals surface area contributed by atoms with Gasteiger partial charge < -0.3 is 4.74 Å². The summed E-state index contributed by atoms with van der Waals surface area (Å²) in [5, 5.41) is 6.14. The van der Waals surface area contributed by atoms with Crippen LogP contribution in [-0.4, -0.2) is 18.7 Å². The second-order valence-corrected chi connectivity index (χ2v) is 6.36. The van der Waals surface area contributed by atoms with Crippen LogP contribution in [0.5, 0.6) is 5.75 Å². The number of thiophene rings is 1. The Morgan fingerprint density at radius 1 is 1.17 bits per heavy atom. The summed E-state index contributed by atoms with van der Waals surface area (Å²) in [5.41, 5.74) is 2.46. The molecule has 0 saturated heterocycles. The fraction of sp³-hybridized carbons (Fsp3) is 0.111. The van der Waals surface area contributed by atoms with Crippen molar-refractivity contribution in [3.63, 3.8) is 0 Å². The van der Waals surface area contributed by atoms with Gasteiger partial charge in [-0.25, -0.2) is 5.43 Å². The Labute approximate surface area is 138 Å². The van der Waals surface area contributed by atoms with Gasteiger partial charge in [0.05, 0.1) is 6.21 Å². The van der Waals surface area contributed by atoms with Gasteiger partial charge >= 0.3 is 0 Å². The summed E-state index contributed by atoms with van der Waals surface area (Å²) in [6.07, 6.45) is 1.63. The molecule has 0 saturated carbocycles. The first-order valence-corrected chi connectivity index (χ1v) is 8.02. The molecule has 0 aliphatic heterocycles. The van der Waals surface area contributed by atoms with Gasteiger partial charge in [-0.1, -0.05) is 30.3 Å². The topological polar surface area (TPSA) is 50.7 Å². The maximum Gasteiger partial charge on any atom is 0.277 e. The second-order valence-electron chi connectivity index (χ2n) is 5.04. The molecule has 0 fully saturated rings. The number of carbonyl (C=O) groups excluding carboxylic acids is 1. The Balaban J connectivity index is 1.52. The first-order valence-electron chi connectivity index (χ1n) is 7.21. The van der Waals surface area contributed by atoms with Gasteiger partial charge in [-0.2, -0.15) is 5.10 Å². The van der Waals surface area contributed by atoms with Crippen molar-refractivity contribution in [2.45, 2.75) is 6.92 Å². The molecule has 0 aliphatic carbocycles. The molecule has 5 heteroatoms. The molecule has 1 N–H and O–H groups in total. The summed E-state index contributed by atoms with van der Waals surface area (Å²) in [6.45, 7) is 1.96. The zero-order valence-electron chi connectivity index (χ0n) is 12.7. The molecule has 1 aromatic heterocycles. The molecular weight excluding hydrogens is 308 g/mol. The number of nitrogens with one attached hydrogen (secondary N) is 1. The van der Waals surface area contributed by atoms with E-state index >= 15 is 0 Å². The largest absolute Gasteiger partial charge is 0.484 e. The molecule has 3 aromatic rings. The van der Waals surface area contributed by atoms with E-state index in [9.17, 15) is 4.79 Å². The predicted octanol–water partition coefficient (Wildman–Crippen LogP) is 3.74. The number of rotatable bonds is 5. The molecular formula is C18H16N2O2S. The summed E-state index contributed by atoms with van der Waals surface area (Å²) in [4.78, 5) is 13.9. The quantitative estimate of drug-likeness (QED) is 0.574. The van der Waals surface area contributed by atoms with Crippen LogP contribution in [0.2, 0.25) is 0 Å². The van der Waals surface area contributed by atoms with Crippen LogP contribution in [0.3, 0.4) is 0 Å². The van der Waals surface area contributed by atoms with Crippen LogP contribution in [-0.2, 0) is 4.79 Å². The molecule has 3 rings (SSSR count). The molecule has 0 bridgehead atoms. The van der Waals surface area contributed by atoms with Crippen LogP contribution in [0.1, 0.15) is 9.75 Å². The summed E-state index contributed by atoms with van der Waals surface area (Å²) in [6, 6.07) is 17.7. The maximum atomic E-state index is 11.7. The number of hydrogen-bond donors (Lipinski definition) is 1. The van der Waals surface area contributed by atoms with E-state index in [0.29, 0.717) is 5.75 Å². The van der Waals surface area contributed by atoms with Gasteiger partial charge in [0.15, 0.2) is 6.61 Å². The van der Waals surface area contributed by atoms with Gasteiger partial charge in [0.25, 0.3) is 5.91 Å². The minimum Gasteiger partial charge on any atom is -0.484 e. The highest BCUT2D eigenvalue weighted by molar-refractivity contribution is 7.13. The lowest BCUT2D eigenvalue weighted by atomic mass is 10.1. The van der Waals surface area contributed by atoms with Crippen LogP contribution in [0.15, 0.2) is 59.7 Å². The fourth-order valence-corrected chi connectivity index (χ4v) is 2.88. The van der Waals surface area contributed by atoms with Crippen molar-refractivity contribution in [3.05, 3.63) is 64.4 Å². The molecule has 0 aliphatic rings. The van der Waals surface area contributed by atoms with Crippen molar-refractivity contribution in [2.75, 3.05) is 6.61 Å². The second kappa shape index (κ2) is 7.07. The lowest BCUT2D eigenvalue weighted by molar-refractivity contribution is -0.123. The maximum absolute atomic E-state index is 11.7. The Hall–Kier alpha value is -2.66. The van der Waals surface area contributed by atoms with E-state index < -0.39 is 0 Å². The zero-order valence-corrected chi connectivity index (χ0v) is 13.5. The molecule has 4 nitrogen and oxygen atoms in total. The molecule has 1 amide bonds. The van der Waals surface area contributed by atoms with E-state index in [-0.39, 0.29) is 12.5 Å². The molecule has 2 aromatic carbocycles. The Kier molecular flexibility index (Phi) is 4.68. The average Bonchev–Trinajstić information content (AvgIpc) is 2.98. The van der Waals surface area contributed by atoms with Crippen LogP contribution >= 0.6 is 11.3 Å². The van der Waals surface area contributed by atoms with Crippen molar-refractivity contribution in [3.8, 4) is 5.75 Å². The first-order chi connectivity index (χ1) is 11.2. The van der Waals surface area contributed by atoms with E-state index in [0.717, 1.165) is 15.6 Å². The number of amides is 1. The molecule has 1 heterocycles. The Morgan fingerprint density at radius 3 is 2.78 bits per heavy atom. The van der Waals surface area contributed by atoms with E-state index in [2.05, 4.69) is 10.5 Å². The lowest BCUT2D eigenvalue weighted by Crippen LogP contribution is -2.24. The van der Waals surface area contributed by atoms with Crippen molar-refractivity contribution < 1.29 is 9.53 Å². The van der Waals surface area contributed by atoms with Crippen molar-refractivity contribution in [1.82, 2.24) is 5.43 Å². The summed E-state index contributed by atoms with van der Waals surface area (Å²) < 4.78 is 5.50. The molecule has 0 radical (unpaired) electrons. The van der Waals surface area contributed by atoms with Crippen molar-refractivity contribution in [2.24, 2.45) is 5.10 Å². The highest BCUT2D eigenvalue weighted by Gasteiger charge is 2.02. The number of aryl methyl sites for hydroxylation is 1. The van der Waals surface area contributed by atoms with Crippen molar-refractivity contribution >= 4 is 34.2 Å². The third-order valence-electron chi connectivity index (χ3n) is 3.23. The van der Waals surface area contributed by atoms with Crippen LogP contribution < -0.4 is 10.2 Å². The normalized spacial score (nSPS) is 11.0. The Morgan fingerprint density at radius 2 is 2.00 bits per heavy atom. The molecule has 23 heavy (non-hydrogen) atoms. The van der Waals surface area contributed by atoms with E-state index in [1.807, 2.05) is 61.5 Å². The summed E-state index contributed by atoms with van der Waals surface area (Å²) >= 11 is 1.62. The van der Waals surface area contributed by atoms with Gasteiger partial charge in [-0.05, 0) is 42.0 Å². The van der Waals surface area contributed by atoms with Gasteiger partial charge in [-0.15, -0.1) is 11.3 Å². The van der Waals surface area contributed by atoms with Crippen LogP contribution in [0.4, 0.5) is 0 Å². The Bertz CT molecular complexity index is 855. The minimum atomic E-state index is -0.289. The van der Waals surface area contributed by atoms with Gasteiger partial charge in [0.2, 0.25) is 0 Å². The van der Waals surface area contributed by atoms with E-state index in [4.69, 9.17) is 4.74 Å². The SMILES string of the molecule is Cc1ccc(C=NNC(=O)COc2ccc3ccccc3c2)s1. The number of carbonyl (C=O) groups is 1. The average molecular weight is 324 g/mol. The number of hydrazone groups is 1. The highest BCUT2D eigenvalue weighted by atomic mass is 32.1. The van der Waals surface area contributed by atoms with E-state index in [1.54, 1.807) is 17.6 Å². The molecule has 0 spiro atoms. The predicted molar refractivity (Wildman–Crippen MR) is 94.2 cm³/mol. The third-order valence-corrected chi connectivity index (χ3v) is 4.17. The van der Waals surface area contributed by atoms with Crippen LogP contribution in [0, 0.1) is 6.92 Å². The number of ether oxygens (including phenoxy) is 1. The number of fused-ring (bicyclic) bond motifs is 1. The minimum absolute atomic E-state index is 0.0703. The monoisotopic (exact) mass is 324 g/mol. The van der Waals surface area contributed by atoms with Gasteiger partial charge in [0.1, 0.15) is 5.75 Å². The highest BCUT2D eigenvalue weighted by Crippen LogP contribution is 2.20. The molecule has 0 atom stereocenters. The van der Waals surface area contributed by atoms with Gasteiger partial charge in [-0.3, -0.25) is 4.79 Å². The number of hydrogen-bond acceptors (Lipinski definition) is 4. The third kappa shape index (κ3) is 4.17. The lowest BCUT2D eigenvalue weighted by Gasteiger charge is -2.06.